The largest absolute Gasteiger partial charge is 0.286 e. The molecule has 5 heteroatoms. The van der Waals surface area contributed by atoms with Crippen molar-refractivity contribution < 1.29 is 17.5 Å². The molecule has 0 aliphatic carbocycles. The first-order chi connectivity index (χ1) is 9.77. The van der Waals surface area contributed by atoms with Gasteiger partial charge in [0.2, 0.25) is 5.69 Å². The summed E-state index contributed by atoms with van der Waals surface area (Å²) in [4.78, 5) is 0. The smallest absolute Gasteiger partial charge is 0.265 e. The summed E-state index contributed by atoms with van der Waals surface area (Å²) < 4.78 is 32.8. The lowest BCUT2D eigenvalue weighted by Gasteiger charge is -2.15. The van der Waals surface area contributed by atoms with Crippen LogP contribution >= 0.6 is 0 Å². The highest BCUT2D eigenvalue weighted by Crippen LogP contribution is 2.39. The minimum absolute atomic E-state index is 0.110. The predicted molar refractivity (Wildman–Crippen MR) is 85.1 cm³/mol. The van der Waals surface area contributed by atoms with Gasteiger partial charge < -0.3 is 0 Å². The first kappa shape index (κ1) is 15.9. The summed E-state index contributed by atoms with van der Waals surface area (Å²) in [6.07, 6.45) is 4.47. The van der Waals surface area contributed by atoms with Gasteiger partial charge in [-0.05, 0) is 20.8 Å². The highest BCUT2D eigenvalue weighted by molar-refractivity contribution is 7.85. The Balaban J connectivity index is 2.40. The SMILES string of the molecule is CC=CC1=[N+](CCCS(=O)(=O)O)c2ccccc2C1(C)C. The van der Waals surface area contributed by atoms with Crippen LogP contribution in [0.2, 0.25) is 0 Å². The molecule has 0 amide bonds. The van der Waals surface area contributed by atoms with Crippen molar-refractivity contribution in [1.29, 1.82) is 0 Å². The molecule has 0 unspecified atom stereocenters. The van der Waals surface area contributed by atoms with Crippen LogP contribution < -0.4 is 0 Å². The Bertz CT molecular complexity index is 700. The van der Waals surface area contributed by atoms with Crippen LogP contribution in [0.25, 0.3) is 0 Å². The fourth-order valence-electron chi connectivity index (χ4n) is 2.94. The van der Waals surface area contributed by atoms with Crippen LogP contribution in [0.15, 0.2) is 36.4 Å². The van der Waals surface area contributed by atoms with E-state index in [0.29, 0.717) is 13.0 Å². The lowest BCUT2D eigenvalue weighted by molar-refractivity contribution is -0.437. The van der Waals surface area contributed by atoms with Crippen molar-refractivity contribution in [3.8, 4) is 0 Å². The van der Waals surface area contributed by atoms with Crippen LogP contribution in [0.1, 0.15) is 32.8 Å². The van der Waals surface area contributed by atoms with Gasteiger partial charge in [-0.1, -0.05) is 24.3 Å². The van der Waals surface area contributed by atoms with Crippen molar-refractivity contribution in [2.75, 3.05) is 12.3 Å². The molecule has 2 rings (SSSR count). The molecule has 1 N–H and O–H groups in total. The number of allylic oxidation sites excluding steroid dienone is 2. The zero-order valence-corrected chi connectivity index (χ0v) is 13.5. The molecule has 21 heavy (non-hydrogen) atoms. The topological polar surface area (TPSA) is 57.4 Å². The van der Waals surface area contributed by atoms with Gasteiger partial charge in [0, 0.05) is 24.1 Å². The van der Waals surface area contributed by atoms with E-state index in [1.54, 1.807) is 0 Å². The predicted octanol–water partition coefficient (Wildman–Crippen LogP) is 2.92. The van der Waals surface area contributed by atoms with Gasteiger partial charge in [-0.3, -0.25) is 4.55 Å². The first-order valence-corrected chi connectivity index (χ1v) is 8.70. The summed E-state index contributed by atoms with van der Waals surface area (Å²) in [6, 6.07) is 8.18. The van der Waals surface area contributed by atoms with E-state index in [2.05, 4.69) is 36.6 Å². The molecule has 1 aliphatic rings. The normalized spacial score (nSPS) is 17.5. The number of nitrogens with zero attached hydrogens (tertiary/aromatic N) is 1. The standard InChI is InChI=1S/C16H21NO3S/c1-4-8-15-16(2,3)13-9-5-6-10-14(13)17(15)11-7-12-21(18,19)20/h4-6,8-10H,7,11-12H2,1-3H3/p+1. The van der Waals surface area contributed by atoms with Crippen LogP contribution in [0.4, 0.5) is 5.69 Å². The molecule has 0 aromatic heterocycles. The van der Waals surface area contributed by atoms with Crippen molar-refractivity contribution >= 4 is 21.5 Å². The molecule has 0 saturated heterocycles. The van der Waals surface area contributed by atoms with Gasteiger partial charge in [-0.25, -0.2) is 0 Å². The molecule has 0 fully saturated rings. The number of fused-ring (bicyclic) bond motifs is 1. The van der Waals surface area contributed by atoms with E-state index in [9.17, 15) is 8.42 Å². The van der Waals surface area contributed by atoms with Gasteiger partial charge in [0.25, 0.3) is 10.1 Å². The molecule has 0 saturated carbocycles. The van der Waals surface area contributed by atoms with Crippen LogP contribution in [0.5, 0.6) is 0 Å². The summed E-state index contributed by atoms with van der Waals surface area (Å²) in [5, 5.41) is 0. The monoisotopic (exact) mass is 308 g/mol. The second-order valence-electron chi connectivity index (χ2n) is 5.82. The maximum Gasteiger partial charge on any atom is 0.265 e. The number of hydrogen-bond acceptors (Lipinski definition) is 2. The third kappa shape index (κ3) is 3.24. The van der Waals surface area contributed by atoms with E-state index in [1.807, 2.05) is 25.1 Å². The number of hydrogen-bond donors (Lipinski definition) is 1. The molecule has 0 bridgehead atoms. The molecular formula is C16H22NO3S+. The molecular weight excluding hydrogens is 286 g/mol. The number of para-hydroxylation sites is 1. The zero-order valence-electron chi connectivity index (χ0n) is 12.7. The fourth-order valence-corrected chi connectivity index (χ4v) is 3.44. The molecule has 1 aromatic carbocycles. The van der Waals surface area contributed by atoms with Gasteiger partial charge in [-0.2, -0.15) is 13.0 Å². The van der Waals surface area contributed by atoms with Crippen LogP contribution in [0.3, 0.4) is 0 Å². The fraction of sp³-hybridized carbons (Fsp3) is 0.438. The molecule has 114 valence electrons. The quantitative estimate of drug-likeness (QED) is 0.672. The lowest BCUT2D eigenvalue weighted by Crippen LogP contribution is -2.28. The number of benzene rings is 1. The maximum atomic E-state index is 10.9. The van der Waals surface area contributed by atoms with E-state index in [-0.39, 0.29) is 11.2 Å². The maximum absolute atomic E-state index is 10.9. The van der Waals surface area contributed by atoms with Crippen LogP contribution in [-0.4, -0.2) is 35.6 Å². The third-order valence-corrected chi connectivity index (χ3v) is 4.71. The summed E-state index contributed by atoms with van der Waals surface area (Å²) in [5.74, 6) is -0.213. The van der Waals surface area contributed by atoms with Gasteiger partial charge in [0.15, 0.2) is 5.71 Å². The molecule has 0 spiro atoms. The van der Waals surface area contributed by atoms with E-state index < -0.39 is 10.1 Å². The van der Waals surface area contributed by atoms with Gasteiger partial charge in [-0.15, -0.1) is 0 Å². The molecule has 1 aromatic rings. The molecule has 1 aliphatic heterocycles. The average Bonchev–Trinajstić information content (AvgIpc) is 2.60. The van der Waals surface area contributed by atoms with Crippen LogP contribution in [-0.2, 0) is 15.5 Å². The average molecular weight is 308 g/mol. The van der Waals surface area contributed by atoms with Crippen molar-refractivity contribution in [1.82, 2.24) is 0 Å². The van der Waals surface area contributed by atoms with Crippen LogP contribution in [0, 0.1) is 0 Å². The van der Waals surface area contributed by atoms with E-state index >= 15 is 0 Å². The van der Waals surface area contributed by atoms with Gasteiger partial charge >= 0.3 is 0 Å². The van der Waals surface area contributed by atoms with E-state index in [4.69, 9.17) is 4.55 Å². The number of rotatable bonds is 5. The summed E-state index contributed by atoms with van der Waals surface area (Å²) >= 11 is 0. The van der Waals surface area contributed by atoms with E-state index in [1.165, 1.54) is 5.56 Å². The first-order valence-electron chi connectivity index (χ1n) is 7.09. The van der Waals surface area contributed by atoms with Crippen molar-refractivity contribution in [3.05, 3.63) is 42.0 Å². The Hall–Kier alpha value is -1.46. The lowest BCUT2D eigenvalue weighted by atomic mass is 9.81. The Morgan fingerprint density at radius 3 is 2.57 bits per heavy atom. The summed E-state index contributed by atoms with van der Waals surface area (Å²) in [6.45, 7) is 6.89. The second-order valence-corrected chi connectivity index (χ2v) is 7.39. The van der Waals surface area contributed by atoms with Gasteiger partial charge in [0.1, 0.15) is 6.54 Å². The molecule has 0 atom stereocenters. The molecule has 4 nitrogen and oxygen atoms in total. The summed E-state index contributed by atoms with van der Waals surface area (Å²) in [5.41, 5.74) is 3.40. The van der Waals surface area contributed by atoms with Crippen molar-refractivity contribution in [2.24, 2.45) is 0 Å². The Morgan fingerprint density at radius 1 is 1.29 bits per heavy atom. The summed E-state index contributed by atoms with van der Waals surface area (Å²) in [7, 11) is -3.91. The minimum Gasteiger partial charge on any atom is -0.286 e. The van der Waals surface area contributed by atoms with Gasteiger partial charge in [0.05, 0.1) is 11.2 Å². The minimum atomic E-state index is -3.91. The second kappa shape index (κ2) is 5.73. The Kier molecular flexibility index (Phi) is 4.35. The highest BCUT2D eigenvalue weighted by atomic mass is 32.2. The Labute approximate surface area is 126 Å². The van der Waals surface area contributed by atoms with E-state index in [0.717, 1.165) is 11.4 Å². The highest BCUT2D eigenvalue weighted by Gasteiger charge is 2.43. The third-order valence-electron chi connectivity index (χ3n) is 3.91. The molecule has 1 heterocycles. The zero-order chi connectivity index (χ0) is 15.7. The molecule has 0 radical (unpaired) electrons. The van der Waals surface area contributed by atoms with Crippen molar-refractivity contribution in [2.45, 2.75) is 32.6 Å². The van der Waals surface area contributed by atoms with Crippen molar-refractivity contribution in [3.63, 3.8) is 0 Å². The Morgan fingerprint density at radius 2 is 1.95 bits per heavy atom.